The zero-order valence-electron chi connectivity index (χ0n) is 16.3. The van der Waals surface area contributed by atoms with Crippen LogP contribution in [0.25, 0.3) is 0 Å². The van der Waals surface area contributed by atoms with E-state index in [0.29, 0.717) is 6.42 Å². The average Bonchev–Trinajstić information content (AvgIpc) is 2.68. The van der Waals surface area contributed by atoms with Crippen LogP contribution >= 0.6 is 0 Å². The SMILES string of the molecule is CCCCCCCCCCCCOC(=O)C(O)C(=O)[C@@H](O)[C@H](O)[C@H](O)CO. The molecular formula is C19H36O8. The number of carbonyl (C=O) groups is 2. The Morgan fingerprint density at radius 1 is 0.815 bits per heavy atom. The van der Waals surface area contributed by atoms with E-state index < -0.39 is 42.8 Å². The van der Waals surface area contributed by atoms with Crippen LogP contribution in [0.1, 0.15) is 71.1 Å². The Labute approximate surface area is 161 Å². The summed E-state index contributed by atoms with van der Waals surface area (Å²) in [5.41, 5.74) is 0. The number of ether oxygens (including phenoxy) is 1. The van der Waals surface area contributed by atoms with Crippen LogP contribution < -0.4 is 0 Å². The van der Waals surface area contributed by atoms with Gasteiger partial charge in [0.1, 0.15) is 18.3 Å². The Kier molecular flexibility index (Phi) is 15.3. The van der Waals surface area contributed by atoms with Crippen LogP contribution in [0, 0.1) is 0 Å². The lowest BCUT2D eigenvalue weighted by atomic mass is 10.0. The molecule has 27 heavy (non-hydrogen) atoms. The summed E-state index contributed by atoms with van der Waals surface area (Å²) in [4.78, 5) is 23.3. The molecule has 0 aromatic rings. The van der Waals surface area contributed by atoms with E-state index in [1.165, 1.54) is 38.5 Å². The molecule has 8 nitrogen and oxygen atoms in total. The first kappa shape index (κ1) is 25.9. The third kappa shape index (κ3) is 11.4. The summed E-state index contributed by atoms with van der Waals surface area (Å²) >= 11 is 0. The molecule has 0 saturated carbocycles. The third-order valence-corrected chi connectivity index (χ3v) is 4.43. The largest absolute Gasteiger partial charge is 0.463 e. The van der Waals surface area contributed by atoms with E-state index in [9.17, 15) is 30.0 Å². The summed E-state index contributed by atoms with van der Waals surface area (Å²) < 4.78 is 4.80. The summed E-state index contributed by atoms with van der Waals surface area (Å²) in [7, 11) is 0. The van der Waals surface area contributed by atoms with Gasteiger partial charge in [-0.25, -0.2) is 4.79 Å². The van der Waals surface area contributed by atoms with Crippen molar-refractivity contribution in [3.63, 3.8) is 0 Å². The third-order valence-electron chi connectivity index (χ3n) is 4.43. The van der Waals surface area contributed by atoms with Crippen LogP contribution in [0.15, 0.2) is 0 Å². The second kappa shape index (κ2) is 15.9. The zero-order valence-corrected chi connectivity index (χ0v) is 16.3. The van der Waals surface area contributed by atoms with Crippen molar-refractivity contribution >= 4 is 11.8 Å². The molecule has 0 heterocycles. The van der Waals surface area contributed by atoms with Crippen LogP contribution in [0.2, 0.25) is 0 Å². The maximum Gasteiger partial charge on any atom is 0.342 e. The first-order chi connectivity index (χ1) is 12.9. The van der Waals surface area contributed by atoms with Crippen molar-refractivity contribution in [1.29, 1.82) is 0 Å². The number of Topliss-reactive ketones (excluding diaryl/α,β-unsaturated/α-hetero) is 1. The molecule has 0 spiro atoms. The lowest BCUT2D eigenvalue weighted by Crippen LogP contribution is -2.49. The van der Waals surface area contributed by atoms with E-state index >= 15 is 0 Å². The number of aliphatic hydroxyl groups is 5. The zero-order chi connectivity index (χ0) is 20.7. The molecular weight excluding hydrogens is 356 g/mol. The minimum absolute atomic E-state index is 0.0532. The first-order valence-corrected chi connectivity index (χ1v) is 9.90. The van der Waals surface area contributed by atoms with Gasteiger partial charge in [0.2, 0.25) is 11.9 Å². The fourth-order valence-corrected chi connectivity index (χ4v) is 2.61. The van der Waals surface area contributed by atoms with Crippen LogP contribution in [-0.4, -0.2) is 74.9 Å². The van der Waals surface area contributed by atoms with Crippen LogP contribution in [-0.2, 0) is 14.3 Å². The molecule has 0 aromatic heterocycles. The second-order valence-electron chi connectivity index (χ2n) is 6.84. The molecule has 0 saturated heterocycles. The number of unbranched alkanes of at least 4 members (excludes halogenated alkanes) is 9. The number of hydrogen-bond donors (Lipinski definition) is 5. The van der Waals surface area contributed by atoms with Crippen molar-refractivity contribution in [3.05, 3.63) is 0 Å². The fraction of sp³-hybridized carbons (Fsp3) is 0.895. The number of esters is 1. The molecule has 0 fully saturated rings. The Morgan fingerprint density at radius 2 is 1.30 bits per heavy atom. The van der Waals surface area contributed by atoms with Gasteiger partial charge in [0.15, 0.2) is 0 Å². The van der Waals surface area contributed by atoms with Crippen molar-refractivity contribution in [2.24, 2.45) is 0 Å². The van der Waals surface area contributed by atoms with Crippen molar-refractivity contribution in [2.75, 3.05) is 13.2 Å². The van der Waals surface area contributed by atoms with Crippen molar-refractivity contribution in [1.82, 2.24) is 0 Å². The number of rotatable bonds is 17. The Bertz CT molecular complexity index is 401. The van der Waals surface area contributed by atoms with Gasteiger partial charge in [0.25, 0.3) is 0 Å². The van der Waals surface area contributed by atoms with E-state index in [0.717, 1.165) is 19.3 Å². The predicted octanol–water partition coefficient (Wildman–Crippen LogP) is 0.455. The number of hydrogen-bond acceptors (Lipinski definition) is 8. The van der Waals surface area contributed by atoms with Crippen molar-refractivity contribution < 1.29 is 39.9 Å². The molecule has 5 N–H and O–H groups in total. The highest BCUT2D eigenvalue weighted by molar-refractivity contribution is 6.04. The summed E-state index contributed by atoms with van der Waals surface area (Å²) in [6.45, 7) is 1.36. The minimum Gasteiger partial charge on any atom is -0.463 e. The molecule has 0 amide bonds. The molecule has 0 aliphatic heterocycles. The highest BCUT2D eigenvalue weighted by Crippen LogP contribution is 2.11. The van der Waals surface area contributed by atoms with Gasteiger partial charge in [-0.2, -0.15) is 0 Å². The summed E-state index contributed by atoms with van der Waals surface area (Å²) in [6, 6.07) is 0. The van der Waals surface area contributed by atoms with E-state index in [1.54, 1.807) is 0 Å². The standard InChI is InChI=1S/C19H36O8/c1-2-3-4-5-6-7-8-9-10-11-12-27-19(26)18(25)17(24)16(23)15(22)14(21)13-20/h14-16,18,20-23,25H,2-13H2,1H3/t14-,15-,16+,18?/m1/s1. The molecule has 4 atom stereocenters. The van der Waals surface area contributed by atoms with Crippen molar-refractivity contribution in [3.8, 4) is 0 Å². The first-order valence-electron chi connectivity index (χ1n) is 9.90. The maximum atomic E-state index is 11.7. The smallest absolute Gasteiger partial charge is 0.342 e. The highest BCUT2D eigenvalue weighted by Gasteiger charge is 2.37. The van der Waals surface area contributed by atoms with E-state index in [2.05, 4.69) is 6.92 Å². The lowest BCUT2D eigenvalue weighted by Gasteiger charge is -2.21. The summed E-state index contributed by atoms with van der Waals surface area (Å²) in [5.74, 6) is -2.59. The van der Waals surface area contributed by atoms with Crippen LogP contribution in [0.3, 0.4) is 0 Å². The monoisotopic (exact) mass is 392 g/mol. The molecule has 0 rings (SSSR count). The second-order valence-corrected chi connectivity index (χ2v) is 6.84. The Balaban J connectivity index is 3.84. The molecule has 0 bridgehead atoms. The van der Waals surface area contributed by atoms with E-state index in [1.807, 2.05) is 0 Å². The minimum atomic E-state index is -2.25. The van der Waals surface area contributed by atoms with Gasteiger partial charge in [0.05, 0.1) is 13.2 Å². The maximum absolute atomic E-state index is 11.7. The van der Waals surface area contributed by atoms with Crippen LogP contribution in [0.5, 0.6) is 0 Å². The lowest BCUT2D eigenvalue weighted by molar-refractivity contribution is -0.165. The van der Waals surface area contributed by atoms with Gasteiger partial charge in [-0.1, -0.05) is 64.7 Å². The van der Waals surface area contributed by atoms with E-state index in [-0.39, 0.29) is 6.61 Å². The molecule has 0 aromatic carbocycles. The van der Waals surface area contributed by atoms with Crippen molar-refractivity contribution in [2.45, 2.75) is 95.5 Å². The molecule has 0 aliphatic rings. The van der Waals surface area contributed by atoms with Gasteiger partial charge in [0, 0.05) is 0 Å². The predicted molar refractivity (Wildman–Crippen MR) is 98.9 cm³/mol. The summed E-state index contributed by atoms with van der Waals surface area (Å²) in [5, 5.41) is 46.4. The molecule has 8 heteroatoms. The molecule has 0 radical (unpaired) electrons. The van der Waals surface area contributed by atoms with Gasteiger partial charge < -0.3 is 30.3 Å². The Hall–Kier alpha value is -1.06. The van der Waals surface area contributed by atoms with Gasteiger partial charge in [-0.15, -0.1) is 0 Å². The number of aliphatic hydroxyl groups excluding tert-OH is 5. The normalized spacial score (nSPS) is 15.8. The topological polar surface area (TPSA) is 145 Å². The Morgan fingerprint density at radius 3 is 1.78 bits per heavy atom. The van der Waals surface area contributed by atoms with Gasteiger partial charge >= 0.3 is 5.97 Å². The highest BCUT2D eigenvalue weighted by atomic mass is 16.5. The molecule has 1 unspecified atom stereocenters. The molecule has 160 valence electrons. The number of carbonyl (C=O) groups excluding carboxylic acids is 2. The quantitative estimate of drug-likeness (QED) is 0.136. The molecule has 0 aliphatic carbocycles. The van der Waals surface area contributed by atoms with Gasteiger partial charge in [-0.05, 0) is 6.42 Å². The summed E-state index contributed by atoms with van der Waals surface area (Å²) in [6.07, 6.45) is 2.93. The van der Waals surface area contributed by atoms with Gasteiger partial charge in [-0.3, -0.25) is 4.79 Å². The van der Waals surface area contributed by atoms with E-state index in [4.69, 9.17) is 9.84 Å². The fourth-order valence-electron chi connectivity index (χ4n) is 2.61. The average molecular weight is 392 g/mol. The number of ketones is 1. The van der Waals surface area contributed by atoms with Crippen LogP contribution in [0.4, 0.5) is 0 Å².